The monoisotopic (exact) mass is 722 g/mol. The second kappa shape index (κ2) is 11.5. The first kappa shape index (κ1) is 33.3. The Kier molecular flexibility index (Phi) is 7.07. The van der Waals surface area contributed by atoms with E-state index in [2.05, 4.69) is 0 Å². The molecule has 4 saturated carbocycles. The van der Waals surface area contributed by atoms with Gasteiger partial charge in [-0.3, -0.25) is 38.6 Å². The molecule has 268 valence electrons. The number of amides is 4. The van der Waals surface area contributed by atoms with Crippen LogP contribution in [0.25, 0.3) is 0 Å². The van der Waals surface area contributed by atoms with Crippen LogP contribution < -0.4 is 0 Å². The number of fused-ring (bicyclic) bond motifs is 2. The van der Waals surface area contributed by atoms with Crippen LogP contribution in [0.5, 0.6) is 0 Å². The maximum absolute atomic E-state index is 14.3. The topological polar surface area (TPSA) is 183 Å². The van der Waals surface area contributed by atoms with Crippen molar-refractivity contribution in [1.29, 1.82) is 0 Å². The summed E-state index contributed by atoms with van der Waals surface area (Å²) < 4.78 is 0. The third-order valence-corrected chi connectivity index (χ3v) is 12.0. The number of ketones is 2. The maximum Gasteiger partial charge on any atom is 0.335 e. The Balaban J connectivity index is 1.01. The van der Waals surface area contributed by atoms with Gasteiger partial charge >= 0.3 is 11.9 Å². The Morgan fingerprint density at radius 3 is 1.13 bits per heavy atom. The van der Waals surface area contributed by atoms with Crippen molar-refractivity contribution >= 4 is 47.1 Å². The van der Waals surface area contributed by atoms with Crippen LogP contribution in [0.15, 0.2) is 84.9 Å². The molecule has 2 N–H and O–H groups in total. The van der Waals surface area contributed by atoms with Gasteiger partial charge in [-0.25, -0.2) is 9.59 Å². The van der Waals surface area contributed by atoms with Crippen molar-refractivity contribution in [2.45, 2.75) is 49.6 Å². The summed E-state index contributed by atoms with van der Waals surface area (Å²) in [6.45, 7) is 0. The van der Waals surface area contributed by atoms with Gasteiger partial charge in [0.25, 0.3) is 23.6 Å². The summed E-state index contributed by atoms with van der Waals surface area (Å²) in [4.78, 5) is 109. The number of carboxylic acids is 2. The number of carbonyl (C=O) groups is 8. The number of carbonyl (C=O) groups excluding carboxylic acids is 6. The number of hydrogen-bond acceptors (Lipinski definition) is 8. The van der Waals surface area contributed by atoms with Crippen molar-refractivity contribution in [2.24, 2.45) is 11.8 Å². The molecule has 0 saturated heterocycles. The van der Waals surface area contributed by atoms with E-state index in [-0.39, 0.29) is 73.9 Å². The van der Waals surface area contributed by atoms with Crippen molar-refractivity contribution in [3.05, 3.63) is 141 Å². The van der Waals surface area contributed by atoms with Gasteiger partial charge in [-0.15, -0.1) is 0 Å². The number of imide groups is 2. The van der Waals surface area contributed by atoms with Gasteiger partial charge in [0.15, 0.2) is 11.6 Å². The minimum atomic E-state index is -1.13. The molecule has 12 nitrogen and oxygen atoms in total. The Morgan fingerprint density at radius 2 is 0.778 bits per heavy atom. The molecular weight excluding hydrogens is 692 g/mol. The first-order chi connectivity index (χ1) is 25.8. The van der Waals surface area contributed by atoms with Crippen LogP contribution in [0.1, 0.15) is 133 Å². The van der Waals surface area contributed by atoms with Crippen LogP contribution in [0.2, 0.25) is 0 Å². The highest BCUT2D eigenvalue weighted by atomic mass is 16.4. The predicted octanol–water partition coefficient (Wildman–Crippen LogP) is 5.53. The number of benzene rings is 4. The number of nitrogens with zero attached hydrogens (tertiary/aromatic N) is 2. The summed E-state index contributed by atoms with van der Waals surface area (Å²) in [6, 6.07) is 19.6. The fourth-order valence-corrected chi connectivity index (χ4v) is 10.2. The Morgan fingerprint density at radius 1 is 0.463 bits per heavy atom. The highest BCUT2D eigenvalue weighted by Gasteiger charge is 2.66. The summed E-state index contributed by atoms with van der Waals surface area (Å²) >= 11 is 0. The standard InChI is InChI=1S/C42H30N2O10/c45-33(23-1-5-25(6-2-23)39(51)52)27-9-11-29-31(14-27)37(49)43(35(29)47)41-16-21-13-22(17-41)19-42(18-21,20-41)44-36(48)30-12-10-28(15-32(30)38(44)50)34(46)24-3-7-26(8-4-24)40(53)54/h1-12,14-15,21-22H,13,16-20H2,(H,51,52)(H,53,54). The minimum Gasteiger partial charge on any atom is -0.478 e. The second-order valence-electron chi connectivity index (χ2n) is 15.2. The SMILES string of the molecule is O=C(O)c1ccc(C(=O)c2ccc3c(c2)C(=O)N(C24CC5CC(C2)CC(N2C(=O)c6ccc(C(=O)c7ccc(C(=O)O)cc7)cc6C2=O)(C5)C4)C3=O)cc1. The maximum atomic E-state index is 14.3. The molecule has 0 radical (unpaired) electrons. The van der Waals surface area contributed by atoms with Gasteiger partial charge in [-0.1, -0.05) is 36.4 Å². The van der Waals surface area contributed by atoms with Gasteiger partial charge in [0.1, 0.15) is 0 Å². The molecule has 2 aliphatic heterocycles. The molecule has 4 aromatic carbocycles. The molecule has 4 bridgehead atoms. The van der Waals surface area contributed by atoms with Crippen molar-refractivity contribution in [3.8, 4) is 0 Å². The van der Waals surface area contributed by atoms with Crippen molar-refractivity contribution in [2.75, 3.05) is 0 Å². The molecule has 0 atom stereocenters. The molecular formula is C42H30N2O10. The summed E-state index contributed by atoms with van der Waals surface area (Å²) in [5.41, 5.74) is -0.586. The predicted molar refractivity (Wildman–Crippen MR) is 188 cm³/mol. The lowest BCUT2D eigenvalue weighted by Gasteiger charge is -2.65. The number of aromatic carboxylic acids is 2. The lowest BCUT2D eigenvalue weighted by Crippen LogP contribution is -2.71. The molecule has 12 heteroatoms. The van der Waals surface area contributed by atoms with E-state index in [1.165, 1.54) is 94.7 Å². The van der Waals surface area contributed by atoms with Gasteiger partial charge in [0.2, 0.25) is 0 Å². The van der Waals surface area contributed by atoms with E-state index in [0.29, 0.717) is 25.7 Å². The number of rotatable bonds is 8. The lowest BCUT2D eigenvalue weighted by atomic mass is 9.49. The Bertz CT molecular complexity index is 2270. The van der Waals surface area contributed by atoms with E-state index < -0.39 is 58.2 Å². The van der Waals surface area contributed by atoms with Crippen LogP contribution in [-0.2, 0) is 0 Å². The second-order valence-corrected chi connectivity index (χ2v) is 15.2. The van der Waals surface area contributed by atoms with E-state index in [1.54, 1.807) is 0 Å². The zero-order chi connectivity index (χ0) is 37.8. The molecule has 4 fully saturated rings. The van der Waals surface area contributed by atoms with Crippen LogP contribution in [0.4, 0.5) is 0 Å². The third kappa shape index (κ3) is 4.75. The summed E-state index contributed by atoms with van der Waals surface area (Å²) in [5, 5.41) is 18.4. The van der Waals surface area contributed by atoms with E-state index in [1.807, 2.05) is 0 Å². The fraction of sp³-hybridized carbons (Fsp3) is 0.238. The quantitative estimate of drug-likeness (QED) is 0.173. The van der Waals surface area contributed by atoms with Gasteiger partial charge in [0.05, 0.1) is 44.5 Å². The zero-order valence-electron chi connectivity index (χ0n) is 28.5. The number of hydrogen-bond donors (Lipinski definition) is 2. The molecule has 4 amide bonds. The first-order valence-corrected chi connectivity index (χ1v) is 17.6. The smallest absolute Gasteiger partial charge is 0.335 e. The summed E-state index contributed by atoms with van der Waals surface area (Å²) in [7, 11) is 0. The molecule has 6 aliphatic rings. The van der Waals surface area contributed by atoms with Gasteiger partial charge in [-0.05, 0) is 98.9 Å². The summed E-state index contributed by atoms with van der Waals surface area (Å²) in [6.07, 6.45) is 3.17. The van der Waals surface area contributed by atoms with Crippen LogP contribution in [0.3, 0.4) is 0 Å². The molecule has 0 spiro atoms. The number of carboxylic acid groups (broad SMARTS) is 2. The van der Waals surface area contributed by atoms with Crippen LogP contribution >= 0.6 is 0 Å². The Labute approximate surface area is 307 Å². The largest absolute Gasteiger partial charge is 0.478 e. The van der Waals surface area contributed by atoms with Crippen molar-refractivity contribution in [1.82, 2.24) is 9.80 Å². The fourth-order valence-electron chi connectivity index (χ4n) is 10.2. The molecule has 2 heterocycles. The average molecular weight is 723 g/mol. The van der Waals surface area contributed by atoms with Crippen LogP contribution in [-0.4, -0.2) is 78.2 Å². The van der Waals surface area contributed by atoms with Crippen molar-refractivity contribution < 1.29 is 48.6 Å². The minimum absolute atomic E-state index is 0.0216. The van der Waals surface area contributed by atoms with E-state index in [4.69, 9.17) is 0 Å². The molecule has 4 aromatic rings. The van der Waals surface area contributed by atoms with Crippen LogP contribution in [0, 0.1) is 11.8 Å². The van der Waals surface area contributed by atoms with Crippen molar-refractivity contribution in [3.63, 3.8) is 0 Å². The molecule has 0 aromatic heterocycles. The van der Waals surface area contributed by atoms with E-state index in [9.17, 15) is 48.6 Å². The lowest BCUT2D eigenvalue weighted by molar-refractivity contribution is -0.109. The van der Waals surface area contributed by atoms with Gasteiger partial charge in [-0.2, -0.15) is 0 Å². The molecule has 0 unspecified atom stereocenters. The highest BCUT2D eigenvalue weighted by Crippen LogP contribution is 2.63. The zero-order valence-corrected chi connectivity index (χ0v) is 28.5. The van der Waals surface area contributed by atoms with Gasteiger partial charge < -0.3 is 10.2 Å². The Hall–Kier alpha value is -6.56. The normalized spacial score (nSPS) is 24.9. The molecule has 4 aliphatic carbocycles. The first-order valence-electron chi connectivity index (χ1n) is 17.6. The van der Waals surface area contributed by atoms with Gasteiger partial charge in [0, 0.05) is 22.3 Å². The van der Waals surface area contributed by atoms with E-state index in [0.717, 1.165) is 6.42 Å². The molecule has 10 rings (SSSR count). The van der Waals surface area contributed by atoms with E-state index >= 15 is 0 Å². The average Bonchev–Trinajstić information content (AvgIpc) is 3.57. The molecule has 54 heavy (non-hydrogen) atoms. The highest BCUT2D eigenvalue weighted by molar-refractivity contribution is 6.24. The third-order valence-electron chi connectivity index (χ3n) is 12.0. The summed E-state index contributed by atoms with van der Waals surface area (Å²) in [5.74, 6) is -5.10.